The van der Waals surface area contributed by atoms with Gasteiger partial charge in [-0.25, -0.2) is 0 Å². The molecule has 4 N–H and O–H groups in total. The number of hydrogen-bond donors (Lipinski definition) is 3. The van der Waals surface area contributed by atoms with E-state index < -0.39 is 0 Å². The lowest BCUT2D eigenvalue weighted by Crippen LogP contribution is -2.50. The molecule has 2 rings (SSSR count). The highest BCUT2D eigenvalue weighted by molar-refractivity contribution is 5.90. The fourth-order valence-corrected chi connectivity index (χ4v) is 2.47. The van der Waals surface area contributed by atoms with Gasteiger partial charge in [0.2, 0.25) is 5.91 Å². The Labute approximate surface area is 107 Å². The zero-order valence-corrected chi connectivity index (χ0v) is 10.7. The third-order valence-electron chi connectivity index (χ3n) is 4.02. The van der Waals surface area contributed by atoms with Gasteiger partial charge in [0.1, 0.15) is 0 Å². The first-order chi connectivity index (χ1) is 8.60. The molecule has 18 heavy (non-hydrogen) atoms. The number of amides is 1. The lowest BCUT2D eigenvalue weighted by atomic mass is 9.77. The van der Waals surface area contributed by atoms with Gasteiger partial charge in [0, 0.05) is 7.11 Å². The van der Waals surface area contributed by atoms with E-state index >= 15 is 0 Å². The maximum absolute atomic E-state index is 12.0. The van der Waals surface area contributed by atoms with Crippen molar-refractivity contribution in [3.05, 3.63) is 0 Å². The number of methoxy groups -OCH3 is 1. The Morgan fingerprint density at radius 3 is 2.67 bits per heavy atom. The summed E-state index contributed by atoms with van der Waals surface area (Å²) in [6, 6.07) is -0.337. The van der Waals surface area contributed by atoms with Gasteiger partial charge in [0.15, 0.2) is 5.84 Å². The highest BCUT2D eigenvalue weighted by Gasteiger charge is 2.41. The molecule has 0 aromatic heterocycles. The van der Waals surface area contributed by atoms with Gasteiger partial charge in [-0.15, -0.1) is 0 Å². The van der Waals surface area contributed by atoms with Crippen LogP contribution in [0.2, 0.25) is 0 Å². The van der Waals surface area contributed by atoms with Gasteiger partial charge in [-0.1, -0.05) is 5.16 Å². The quantitative estimate of drug-likeness (QED) is 0.280. The van der Waals surface area contributed by atoms with E-state index in [4.69, 9.17) is 15.7 Å². The fraction of sp³-hybridized carbons (Fsp3) is 0.833. The van der Waals surface area contributed by atoms with E-state index in [9.17, 15) is 4.79 Å². The van der Waals surface area contributed by atoms with Crippen LogP contribution in [-0.4, -0.2) is 35.7 Å². The van der Waals surface area contributed by atoms with Crippen LogP contribution in [0.4, 0.5) is 0 Å². The molecule has 0 saturated heterocycles. The van der Waals surface area contributed by atoms with E-state index in [1.54, 1.807) is 7.11 Å². The van der Waals surface area contributed by atoms with Gasteiger partial charge in [0.25, 0.3) is 0 Å². The molecule has 1 amide bonds. The minimum atomic E-state index is -0.337. The number of amidine groups is 1. The summed E-state index contributed by atoms with van der Waals surface area (Å²) >= 11 is 0. The van der Waals surface area contributed by atoms with Gasteiger partial charge in [-0.05, 0) is 38.0 Å². The molecular formula is C12H21N3O3. The summed E-state index contributed by atoms with van der Waals surface area (Å²) in [5.41, 5.74) is 5.31. The first-order valence-corrected chi connectivity index (χ1v) is 6.42. The second kappa shape index (κ2) is 5.14. The maximum atomic E-state index is 12.0. The molecule has 0 aromatic carbocycles. The molecule has 0 heterocycles. The second-order valence-corrected chi connectivity index (χ2v) is 5.32. The van der Waals surface area contributed by atoms with Crippen molar-refractivity contribution in [3.8, 4) is 0 Å². The van der Waals surface area contributed by atoms with Crippen molar-refractivity contribution in [2.75, 3.05) is 7.11 Å². The van der Waals surface area contributed by atoms with Crippen molar-refractivity contribution in [3.63, 3.8) is 0 Å². The first-order valence-electron chi connectivity index (χ1n) is 6.42. The van der Waals surface area contributed by atoms with E-state index in [0.29, 0.717) is 12.3 Å². The van der Waals surface area contributed by atoms with Crippen LogP contribution in [0.25, 0.3) is 0 Å². The number of nitrogens with two attached hydrogens (primary N) is 1. The van der Waals surface area contributed by atoms with Gasteiger partial charge in [-0.3, -0.25) is 4.79 Å². The number of nitrogens with one attached hydrogen (secondary N) is 1. The second-order valence-electron chi connectivity index (χ2n) is 5.32. The number of carbonyl (C=O) groups excluding carboxylic acids is 1. The van der Waals surface area contributed by atoms with Crippen LogP contribution in [0.15, 0.2) is 5.16 Å². The Morgan fingerprint density at radius 1 is 1.61 bits per heavy atom. The SMILES string of the molecule is COC1(CC(=O)NC(C(N)=NO)C2CC2)CCC1. The lowest BCUT2D eigenvalue weighted by Gasteiger charge is -2.40. The van der Waals surface area contributed by atoms with E-state index in [-0.39, 0.29) is 23.4 Å². The Balaban J connectivity index is 1.89. The summed E-state index contributed by atoms with van der Waals surface area (Å²) in [4.78, 5) is 12.0. The molecule has 102 valence electrons. The molecule has 1 unspecified atom stereocenters. The van der Waals surface area contributed by atoms with Gasteiger partial charge in [0.05, 0.1) is 18.1 Å². The monoisotopic (exact) mass is 255 g/mol. The Hall–Kier alpha value is -1.30. The van der Waals surface area contributed by atoms with Crippen molar-refractivity contribution in [2.24, 2.45) is 16.8 Å². The predicted octanol–water partition coefficient (Wildman–Crippen LogP) is 0.587. The largest absolute Gasteiger partial charge is 0.409 e. The smallest absolute Gasteiger partial charge is 0.223 e. The first kappa shape index (κ1) is 13.1. The standard InChI is InChI=1S/C12H21N3O3/c1-18-12(5-2-6-12)7-9(16)14-10(8-3-4-8)11(13)15-17/h8,10,17H,2-7H2,1H3,(H2,13,15)(H,14,16). The van der Waals surface area contributed by atoms with Gasteiger partial charge in [-0.2, -0.15) is 0 Å². The molecule has 0 radical (unpaired) electrons. The molecular weight excluding hydrogens is 234 g/mol. The summed E-state index contributed by atoms with van der Waals surface area (Å²) in [6.45, 7) is 0. The zero-order chi connectivity index (χ0) is 13.2. The lowest BCUT2D eigenvalue weighted by molar-refractivity contribution is -0.134. The van der Waals surface area contributed by atoms with Crippen LogP contribution in [0.5, 0.6) is 0 Å². The molecule has 0 spiro atoms. The van der Waals surface area contributed by atoms with Crippen LogP contribution in [-0.2, 0) is 9.53 Å². The number of hydrogen-bond acceptors (Lipinski definition) is 4. The van der Waals surface area contributed by atoms with Gasteiger partial charge < -0.3 is 21.0 Å². The molecule has 0 aliphatic heterocycles. The number of carbonyl (C=O) groups is 1. The van der Waals surface area contributed by atoms with Crippen LogP contribution in [0.1, 0.15) is 38.5 Å². The Morgan fingerprint density at radius 2 is 2.28 bits per heavy atom. The maximum Gasteiger partial charge on any atom is 0.223 e. The van der Waals surface area contributed by atoms with Crippen LogP contribution in [0, 0.1) is 5.92 Å². The van der Waals surface area contributed by atoms with Crippen LogP contribution >= 0.6 is 0 Å². The summed E-state index contributed by atoms with van der Waals surface area (Å²) in [7, 11) is 1.65. The topological polar surface area (TPSA) is 96.9 Å². The highest BCUT2D eigenvalue weighted by Crippen LogP contribution is 2.38. The molecule has 2 saturated carbocycles. The normalized spacial score (nSPS) is 24.2. The third-order valence-corrected chi connectivity index (χ3v) is 4.02. The molecule has 2 fully saturated rings. The number of ether oxygens (including phenoxy) is 1. The average molecular weight is 255 g/mol. The summed E-state index contributed by atoms with van der Waals surface area (Å²) < 4.78 is 5.42. The van der Waals surface area contributed by atoms with Gasteiger partial charge >= 0.3 is 0 Å². The van der Waals surface area contributed by atoms with Crippen LogP contribution < -0.4 is 11.1 Å². The van der Waals surface area contributed by atoms with E-state index in [1.807, 2.05) is 0 Å². The van der Waals surface area contributed by atoms with Crippen LogP contribution in [0.3, 0.4) is 0 Å². The minimum absolute atomic E-state index is 0.0833. The summed E-state index contributed by atoms with van der Waals surface area (Å²) in [5.74, 6) is 0.315. The van der Waals surface area contributed by atoms with Crippen molar-refractivity contribution in [1.29, 1.82) is 0 Å². The average Bonchev–Trinajstić information content (AvgIpc) is 3.14. The van der Waals surface area contributed by atoms with E-state index in [2.05, 4.69) is 10.5 Å². The summed E-state index contributed by atoms with van der Waals surface area (Å²) in [6.07, 6.45) is 5.33. The fourth-order valence-electron chi connectivity index (χ4n) is 2.47. The number of oxime groups is 1. The molecule has 0 bridgehead atoms. The van der Waals surface area contributed by atoms with Crippen molar-refractivity contribution in [1.82, 2.24) is 5.32 Å². The molecule has 6 nitrogen and oxygen atoms in total. The summed E-state index contributed by atoms with van der Waals surface area (Å²) in [5, 5.41) is 14.6. The number of nitrogens with zero attached hydrogens (tertiary/aromatic N) is 1. The van der Waals surface area contributed by atoms with E-state index in [0.717, 1.165) is 32.1 Å². The third kappa shape index (κ3) is 2.75. The Kier molecular flexibility index (Phi) is 3.75. The molecule has 6 heteroatoms. The van der Waals surface area contributed by atoms with E-state index in [1.165, 1.54) is 0 Å². The minimum Gasteiger partial charge on any atom is -0.409 e. The zero-order valence-electron chi connectivity index (χ0n) is 10.7. The molecule has 0 aromatic rings. The molecule has 2 aliphatic rings. The highest BCUT2D eigenvalue weighted by atomic mass is 16.5. The predicted molar refractivity (Wildman–Crippen MR) is 66.3 cm³/mol. The van der Waals surface area contributed by atoms with Crippen molar-refractivity contribution < 1.29 is 14.7 Å². The number of rotatable bonds is 6. The van der Waals surface area contributed by atoms with Crippen molar-refractivity contribution >= 4 is 11.7 Å². The molecule has 1 atom stereocenters. The molecule has 2 aliphatic carbocycles. The van der Waals surface area contributed by atoms with Crippen molar-refractivity contribution in [2.45, 2.75) is 50.2 Å². The Bertz CT molecular complexity index is 343.